The average Bonchev–Trinajstić information content (AvgIpc) is 3.69. The van der Waals surface area contributed by atoms with E-state index in [1.807, 2.05) is 176 Å². The van der Waals surface area contributed by atoms with E-state index in [-0.39, 0.29) is 0 Å². The van der Waals surface area contributed by atoms with Crippen LogP contribution < -0.4 is 0 Å². The fourth-order valence-corrected chi connectivity index (χ4v) is 7.11. The molecule has 0 saturated heterocycles. The van der Waals surface area contributed by atoms with E-state index in [4.69, 9.17) is 34.3 Å². The number of hydrogen-bond acceptors (Lipinski definition) is 8. The van der Waals surface area contributed by atoms with Crippen molar-refractivity contribution in [3.8, 4) is 85.5 Å². The quantitative estimate of drug-likeness (QED) is 0.159. The summed E-state index contributed by atoms with van der Waals surface area (Å²) in [4.78, 5) is 30.0. The van der Waals surface area contributed by atoms with Crippen molar-refractivity contribution in [1.29, 1.82) is 5.26 Å². The highest BCUT2D eigenvalue weighted by molar-refractivity contribution is 6.14. The lowest BCUT2D eigenvalue weighted by atomic mass is 9.99. The molecule has 0 N–H and O–H groups in total. The van der Waals surface area contributed by atoms with E-state index < -0.39 is 0 Å². The molecule has 0 aliphatic heterocycles. The predicted octanol–water partition coefficient (Wildman–Crippen LogP) is 11.5. The molecule has 0 aliphatic carbocycles. The van der Waals surface area contributed by atoms with Crippen LogP contribution in [0.15, 0.2) is 180 Å². The van der Waals surface area contributed by atoms with Gasteiger partial charge in [0, 0.05) is 38.6 Å². The highest BCUT2D eigenvalue weighted by Crippen LogP contribution is 2.40. The molecule has 7 aromatic carbocycles. The highest BCUT2D eigenvalue weighted by atomic mass is 16.3. The van der Waals surface area contributed by atoms with E-state index >= 15 is 0 Å². The van der Waals surface area contributed by atoms with Crippen molar-refractivity contribution in [3.05, 3.63) is 181 Å². The maximum Gasteiger partial charge on any atom is 0.167 e. The van der Waals surface area contributed by atoms with E-state index in [1.54, 1.807) is 0 Å². The molecule has 0 saturated carbocycles. The Morgan fingerprint density at radius 3 is 1.33 bits per heavy atom. The van der Waals surface area contributed by atoms with Crippen LogP contribution in [-0.2, 0) is 0 Å². The first-order valence-electron chi connectivity index (χ1n) is 18.4. The molecule has 8 heteroatoms. The third-order valence-corrected chi connectivity index (χ3v) is 9.87. The molecule has 0 atom stereocenters. The van der Waals surface area contributed by atoms with Gasteiger partial charge in [-0.15, -0.1) is 0 Å². The van der Waals surface area contributed by atoms with E-state index in [1.165, 1.54) is 0 Å². The normalized spacial score (nSPS) is 11.1. The van der Waals surface area contributed by atoms with Crippen LogP contribution in [0.25, 0.3) is 101 Å². The molecule has 57 heavy (non-hydrogen) atoms. The van der Waals surface area contributed by atoms with E-state index in [0.29, 0.717) is 51.7 Å². The molecule has 0 spiro atoms. The lowest BCUT2D eigenvalue weighted by molar-refractivity contribution is 0.669. The van der Waals surface area contributed by atoms with E-state index in [0.717, 1.165) is 55.3 Å². The Hall–Kier alpha value is -8.15. The number of hydrogen-bond donors (Lipinski definition) is 0. The number of benzene rings is 7. The molecule has 0 aliphatic rings. The minimum atomic E-state index is 0.474. The van der Waals surface area contributed by atoms with E-state index in [2.05, 4.69) is 6.07 Å². The van der Waals surface area contributed by atoms with Gasteiger partial charge in [0.1, 0.15) is 11.2 Å². The molecular formula is C49H29N7O. The zero-order chi connectivity index (χ0) is 38.1. The third kappa shape index (κ3) is 6.25. The van der Waals surface area contributed by atoms with Crippen molar-refractivity contribution >= 4 is 21.9 Å². The predicted molar refractivity (Wildman–Crippen MR) is 223 cm³/mol. The number of aromatic nitrogens is 6. The number of nitriles is 1. The minimum Gasteiger partial charge on any atom is -0.455 e. The molecule has 0 unspecified atom stereocenters. The topological polar surface area (TPSA) is 114 Å². The van der Waals surface area contributed by atoms with Crippen molar-refractivity contribution in [2.75, 3.05) is 0 Å². The van der Waals surface area contributed by atoms with Crippen molar-refractivity contribution in [3.63, 3.8) is 0 Å². The molecule has 0 fully saturated rings. The van der Waals surface area contributed by atoms with Crippen molar-refractivity contribution in [2.45, 2.75) is 0 Å². The maximum atomic E-state index is 9.70. The maximum absolute atomic E-state index is 9.70. The first-order valence-corrected chi connectivity index (χ1v) is 18.4. The van der Waals surface area contributed by atoms with Gasteiger partial charge in [-0.25, -0.2) is 29.9 Å². The van der Waals surface area contributed by atoms with Crippen LogP contribution in [0.4, 0.5) is 0 Å². The van der Waals surface area contributed by atoms with Crippen LogP contribution >= 0.6 is 0 Å². The SMILES string of the molecule is N#Cc1ccccc1-c1ccc(-c2nc(-c3ccccc3)nc(-c3cccc4c3oc3cccc(-c5nc(-c6ccccc6)nc(-c6ccccc6)n5)c34)n2)cc1. The van der Waals surface area contributed by atoms with Crippen molar-refractivity contribution < 1.29 is 4.42 Å². The van der Waals surface area contributed by atoms with Gasteiger partial charge in [-0.1, -0.05) is 158 Å². The zero-order valence-corrected chi connectivity index (χ0v) is 30.3. The Morgan fingerprint density at radius 1 is 0.351 bits per heavy atom. The summed E-state index contributed by atoms with van der Waals surface area (Å²) in [5, 5.41) is 11.5. The van der Waals surface area contributed by atoms with Gasteiger partial charge in [0.05, 0.1) is 17.2 Å². The summed E-state index contributed by atoms with van der Waals surface area (Å²) >= 11 is 0. The van der Waals surface area contributed by atoms with Gasteiger partial charge in [-0.05, 0) is 29.3 Å². The zero-order valence-electron chi connectivity index (χ0n) is 30.3. The Bertz CT molecular complexity index is 3060. The van der Waals surface area contributed by atoms with Gasteiger partial charge in [-0.2, -0.15) is 5.26 Å². The number of para-hydroxylation sites is 1. The molecule has 266 valence electrons. The lowest BCUT2D eigenvalue weighted by Gasteiger charge is -2.10. The molecule has 0 amide bonds. The molecule has 8 nitrogen and oxygen atoms in total. The van der Waals surface area contributed by atoms with Gasteiger partial charge in [0.15, 0.2) is 34.9 Å². The standard InChI is InChI=1S/C49H29N7O/c50-30-36-20-10-11-21-37(36)31-26-28-35(29-27-31)47-52-46(34-18-8-3-9-19-34)55-49(56-47)40-24-12-22-38-42-39(23-13-25-41(42)57-43(38)40)48-53-44(32-14-4-1-5-15-32)51-45(54-48)33-16-6-2-7-17-33/h1-29H. The molecule has 3 aromatic heterocycles. The van der Waals surface area contributed by atoms with Crippen LogP contribution in [-0.4, -0.2) is 29.9 Å². The number of fused-ring (bicyclic) bond motifs is 3. The Kier molecular flexibility index (Phi) is 8.36. The van der Waals surface area contributed by atoms with E-state index in [9.17, 15) is 5.26 Å². The van der Waals surface area contributed by atoms with Crippen LogP contribution in [0.1, 0.15) is 5.56 Å². The summed E-state index contributed by atoms with van der Waals surface area (Å²) in [6, 6.07) is 59.5. The third-order valence-electron chi connectivity index (χ3n) is 9.87. The first-order chi connectivity index (χ1) is 28.2. The van der Waals surface area contributed by atoms with Crippen LogP contribution in [0.5, 0.6) is 0 Å². The molecule has 10 aromatic rings. The average molecular weight is 732 g/mol. The lowest BCUT2D eigenvalue weighted by Crippen LogP contribution is -2.00. The number of nitrogens with zero attached hydrogens (tertiary/aromatic N) is 7. The Morgan fingerprint density at radius 2 is 0.772 bits per heavy atom. The summed E-state index contributed by atoms with van der Waals surface area (Å²) in [5.41, 5.74) is 8.74. The highest BCUT2D eigenvalue weighted by Gasteiger charge is 2.21. The summed E-state index contributed by atoms with van der Waals surface area (Å²) < 4.78 is 6.71. The first kappa shape index (κ1) is 33.4. The molecule has 0 radical (unpaired) electrons. The second-order valence-corrected chi connectivity index (χ2v) is 13.4. The molecule has 10 rings (SSSR count). The fourth-order valence-electron chi connectivity index (χ4n) is 7.11. The Labute approximate surface area is 327 Å². The van der Waals surface area contributed by atoms with Gasteiger partial charge in [-0.3, -0.25) is 0 Å². The van der Waals surface area contributed by atoms with Gasteiger partial charge in [0.2, 0.25) is 0 Å². The second-order valence-electron chi connectivity index (χ2n) is 13.4. The van der Waals surface area contributed by atoms with Crippen LogP contribution in [0, 0.1) is 11.3 Å². The largest absolute Gasteiger partial charge is 0.455 e. The van der Waals surface area contributed by atoms with Crippen molar-refractivity contribution in [1.82, 2.24) is 29.9 Å². The summed E-state index contributed by atoms with van der Waals surface area (Å²) in [6.07, 6.45) is 0. The van der Waals surface area contributed by atoms with Crippen LogP contribution in [0.2, 0.25) is 0 Å². The fraction of sp³-hybridized carbons (Fsp3) is 0. The summed E-state index contributed by atoms with van der Waals surface area (Å²) in [5.74, 6) is 3.23. The minimum absolute atomic E-state index is 0.474. The molecule has 3 heterocycles. The van der Waals surface area contributed by atoms with Gasteiger partial charge >= 0.3 is 0 Å². The number of rotatable bonds is 7. The number of furan rings is 1. The smallest absolute Gasteiger partial charge is 0.167 e. The Balaban J connectivity index is 1.14. The second kappa shape index (κ2) is 14.3. The monoisotopic (exact) mass is 731 g/mol. The van der Waals surface area contributed by atoms with Crippen LogP contribution in [0.3, 0.4) is 0 Å². The van der Waals surface area contributed by atoms with Gasteiger partial charge < -0.3 is 4.42 Å². The van der Waals surface area contributed by atoms with Crippen molar-refractivity contribution in [2.24, 2.45) is 0 Å². The van der Waals surface area contributed by atoms with Gasteiger partial charge in [0.25, 0.3) is 0 Å². The molecule has 0 bridgehead atoms. The molecular weight excluding hydrogens is 703 g/mol. The summed E-state index contributed by atoms with van der Waals surface area (Å²) in [7, 11) is 0. The summed E-state index contributed by atoms with van der Waals surface area (Å²) in [6.45, 7) is 0.